The highest BCUT2D eigenvalue weighted by molar-refractivity contribution is 9.10. The van der Waals surface area contributed by atoms with Crippen molar-refractivity contribution in [2.45, 2.75) is 27.7 Å². The second kappa shape index (κ2) is 8.07. The van der Waals surface area contributed by atoms with Crippen molar-refractivity contribution in [2.75, 3.05) is 6.61 Å². The zero-order valence-electron chi connectivity index (χ0n) is 17.5. The summed E-state index contributed by atoms with van der Waals surface area (Å²) < 4.78 is 9.63. The van der Waals surface area contributed by atoms with Crippen LogP contribution < -0.4 is 0 Å². The number of rotatable bonds is 5. The first-order valence-electron chi connectivity index (χ1n) is 9.61. The van der Waals surface area contributed by atoms with Crippen molar-refractivity contribution in [1.29, 1.82) is 0 Å². The van der Waals surface area contributed by atoms with Crippen LogP contribution in [-0.2, 0) is 4.74 Å². The number of carbonyl (C=O) groups is 2. The van der Waals surface area contributed by atoms with Crippen LogP contribution in [0.1, 0.15) is 43.8 Å². The molecule has 0 aliphatic carbocycles. The third kappa shape index (κ3) is 4.00. The van der Waals surface area contributed by atoms with Crippen LogP contribution in [0.2, 0.25) is 0 Å². The lowest BCUT2D eigenvalue weighted by Crippen LogP contribution is -2.16. The molecule has 1 aromatic carbocycles. The van der Waals surface area contributed by atoms with Crippen LogP contribution in [0.3, 0.4) is 0 Å². The lowest BCUT2D eigenvalue weighted by Gasteiger charge is -2.10. The second-order valence-corrected chi connectivity index (χ2v) is 8.20. The van der Waals surface area contributed by atoms with Gasteiger partial charge in [0, 0.05) is 38.5 Å². The standard InChI is InChI=1S/C22H20BrN5O3/c1-12-9-14(3)28-22(24-12)25-20(26-28)21(30)31-11-19(29)18-10-13(2)27(15(18)4)17-7-5-16(23)6-8-17/h5-10H,11H2,1-4H3. The molecule has 9 heteroatoms. The molecule has 4 rings (SSSR count). The Hall–Kier alpha value is -3.33. The summed E-state index contributed by atoms with van der Waals surface area (Å²) >= 11 is 3.43. The summed E-state index contributed by atoms with van der Waals surface area (Å²) in [6, 6.07) is 11.4. The zero-order valence-corrected chi connectivity index (χ0v) is 19.1. The number of fused-ring (bicyclic) bond motifs is 1. The number of Topliss-reactive ketones (excluding diaryl/α,β-unsaturated/α-hetero) is 1. The SMILES string of the molecule is Cc1cc(C)n2nc(C(=O)OCC(=O)c3cc(C)n(-c4ccc(Br)cc4)c3C)nc2n1. The van der Waals surface area contributed by atoms with E-state index in [9.17, 15) is 9.59 Å². The summed E-state index contributed by atoms with van der Waals surface area (Å²) in [5.41, 5.74) is 4.71. The molecule has 0 atom stereocenters. The molecule has 0 saturated carbocycles. The van der Waals surface area contributed by atoms with Gasteiger partial charge in [0.1, 0.15) is 0 Å². The van der Waals surface area contributed by atoms with Crippen LogP contribution >= 0.6 is 15.9 Å². The minimum absolute atomic E-state index is 0.130. The molecule has 0 aliphatic rings. The average molecular weight is 482 g/mol. The second-order valence-electron chi connectivity index (χ2n) is 7.28. The van der Waals surface area contributed by atoms with Gasteiger partial charge in [0.05, 0.1) is 0 Å². The summed E-state index contributed by atoms with van der Waals surface area (Å²) in [5, 5.41) is 4.14. The topological polar surface area (TPSA) is 91.4 Å². The highest BCUT2D eigenvalue weighted by Crippen LogP contribution is 2.23. The van der Waals surface area contributed by atoms with Crippen molar-refractivity contribution in [3.63, 3.8) is 0 Å². The van der Waals surface area contributed by atoms with Crippen molar-refractivity contribution < 1.29 is 14.3 Å². The number of aryl methyl sites for hydroxylation is 3. The van der Waals surface area contributed by atoms with E-state index in [0.717, 1.165) is 32.9 Å². The quantitative estimate of drug-likeness (QED) is 0.316. The molecule has 0 N–H and O–H groups in total. The van der Waals surface area contributed by atoms with Crippen molar-refractivity contribution in [3.05, 3.63) is 75.0 Å². The molecule has 0 radical (unpaired) electrons. The molecule has 0 saturated heterocycles. The van der Waals surface area contributed by atoms with Crippen LogP contribution in [-0.4, -0.2) is 42.5 Å². The van der Waals surface area contributed by atoms with Gasteiger partial charge in [-0.25, -0.2) is 14.3 Å². The predicted molar refractivity (Wildman–Crippen MR) is 118 cm³/mol. The predicted octanol–water partition coefficient (Wildman–Crippen LogP) is 3.95. The number of nitrogens with zero attached hydrogens (tertiary/aromatic N) is 5. The highest BCUT2D eigenvalue weighted by atomic mass is 79.9. The minimum atomic E-state index is -0.766. The smallest absolute Gasteiger partial charge is 0.378 e. The van der Waals surface area contributed by atoms with E-state index < -0.39 is 12.6 Å². The Bertz CT molecular complexity index is 1320. The molecule has 3 aromatic heterocycles. The number of halogens is 1. The fourth-order valence-electron chi connectivity index (χ4n) is 3.56. The van der Waals surface area contributed by atoms with E-state index >= 15 is 0 Å². The first-order valence-corrected chi connectivity index (χ1v) is 10.4. The number of aromatic nitrogens is 5. The maximum atomic E-state index is 12.8. The number of hydrogen-bond acceptors (Lipinski definition) is 6. The minimum Gasteiger partial charge on any atom is -0.451 e. The highest BCUT2D eigenvalue weighted by Gasteiger charge is 2.21. The van der Waals surface area contributed by atoms with Crippen molar-refractivity contribution in [3.8, 4) is 5.69 Å². The molecule has 3 heterocycles. The molecule has 31 heavy (non-hydrogen) atoms. The van der Waals surface area contributed by atoms with Gasteiger partial charge in [0.25, 0.3) is 11.6 Å². The largest absolute Gasteiger partial charge is 0.451 e. The molecule has 0 unspecified atom stereocenters. The Morgan fingerprint density at radius 3 is 2.42 bits per heavy atom. The van der Waals surface area contributed by atoms with Crippen LogP contribution in [0.4, 0.5) is 0 Å². The maximum Gasteiger partial charge on any atom is 0.378 e. The monoisotopic (exact) mass is 481 g/mol. The van der Waals surface area contributed by atoms with Crippen LogP contribution in [0.15, 0.2) is 40.9 Å². The third-order valence-electron chi connectivity index (χ3n) is 4.95. The summed E-state index contributed by atoms with van der Waals surface area (Å²) in [6.45, 7) is 7.07. The number of benzene rings is 1. The van der Waals surface area contributed by atoms with Gasteiger partial charge in [-0.05, 0) is 64.1 Å². The third-order valence-corrected chi connectivity index (χ3v) is 5.48. The van der Waals surface area contributed by atoms with E-state index in [-0.39, 0.29) is 11.6 Å². The number of ether oxygens (including phenoxy) is 1. The van der Waals surface area contributed by atoms with Crippen molar-refractivity contribution in [2.24, 2.45) is 0 Å². The number of esters is 1. The van der Waals surface area contributed by atoms with Gasteiger partial charge in [-0.2, -0.15) is 4.98 Å². The van der Waals surface area contributed by atoms with Gasteiger partial charge in [0.2, 0.25) is 5.78 Å². The molecule has 158 valence electrons. The molecule has 0 amide bonds. The average Bonchev–Trinajstić information content (AvgIpc) is 3.28. The Kier molecular flexibility index (Phi) is 5.45. The van der Waals surface area contributed by atoms with Crippen LogP contribution in [0.5, 0.6) is 0 Å². The fourth-order valence-corrected chi connectivity index (χ4v) is 3.82. The summed E-state index contributed by atoms with van der Waals surface area (Å²) in [5.74, 6) is -0.875. The first kappa shape index (κ1) is 20.9. The lowest BCUT2D eigenvalue weighted by molar-refractivity contribution is 0.0462. The fraction of sp³-hybridized carbons (Fsp3) is 0.227. The van der Waals surface area contributed by atoms with E-state index in [1.807, 2.05) is 62.6 Å². The molecular formula is C22H20BrN5O3. The number of ketones is 1. The molecule has 8 nitrogen and oxygen atoms in total. The summed E-state index contributed by atoms with van der Waals surface area (Å²) in [7, 11) is 0. The number of hydrogen-bond donors (Lipinski definition) is 0. The van der Waals surface area contributed by atoms with Gasteiger partial charge in [-0.1, -0.05) is 15.9 Å². The van der Waals surface area contributed by atoms with Crippen molar-refractivity contribution in [1.82, 2.24) is 24.1 Å². The van der Waals surface area contributed by atoms with E-state index in [4.69, 9.17) is 4.74 Å². The first-order chi connectivity index (χ1) is 14.7. The Morgan fingerprint density at radius 2 is 1.71 bits per heavy atom. The summed E-state index contributed by atoms with van der Waals surface area (Å²) in [4.78, 5) is 33.5. The van der Waals surface area contributed by atoms with Gasteiger partial charge in [-0.15, -0.1) is 5.10 Å². The molecule has 0 spiro atoms. The summed E-state index contributed by atoms with van der Waals surface area (Å²) in [6.07, 6.45) is 0. The van der Waals surface area contributed by atoms with Gasteiger partial charge in [-0.3, -0.25) is 4.79 Å². The van der Waals surface area contributed by atoms with Crippen LogP contribution in [0, 0.1) is 27.7 Å². The zero-order chi connectivity index (χ0) is 22.3. The van der Waals surface area contributed by atoms with E-state index in [0.29, 0.717) is 11.3 Å². The normalized spacial score (nSPS) is 11.1. The van der Waals surface area contributed by atoms with E-state index in [1.165, 1.54) is 4.52 Å². The lowest BCUT2D eigenvalue weighted by atomic mass is 10.1. The molecule has 0 aliphatic heterocycles. The Labute approximate surface area is 187 Å². The van der Waals surface area contributed by atoms with Gasteiger partial charge < -0.3 is 9.30 Å². The molecular weight excluding hydrogens is 462 g/mol. The van der Waals surface area contributed by atoms with Gasteiger partial charge >= 0.3 is 5.97 Å². The maximum absolute atomic E-state index is 12.8. The van der Waals surface area contributed by atoms with Gasteiger partial charge in [0.15, 0.2) is 6.61 Å². The Morgan fingerprint density at radius 1 is 1.00 bits per heavy atom. The number of carbonyl (C=O) groups excluding carboxylic acids is 2. The van der Waals surface area contributed by atoms with E-state index in [1.54, 1.807) is 6.07 Å². The molecule has 4 aromatic rings. The molecule has 0 bridgehead atoms. The van der Waals surface area contributed by atoms with Crippen LogP contribution in [0.25, 0.3) is 11.5 Å². The van der Waals surface area contributed by atoms with E-state index in [2.05, 4.69) is 31.0 Å². The van der Waals surface area contributed by atoms with Crippen molar-refractivity contribution >= 4 is 33.5 Å². The Balaban J connectivity index is 1.51. The molecule has 0 fully saturated rings.